The van der Waals surface area contributed by atoms with Crippen LogP contribution < -0.4 is 11.2 Å². The van der Waals surface area contributed by atoms with E-state index in [0.717, 1.165) is 12.3 Å². The topological polar surface area (TPSA) is 297 Å². The van der Waals surface area contributed by atoms with Gasteiger partial charge in [0.05, 0.1) is 14.6 Å². The number of hydrogen-bond acceptors (Lipinski definition) is 15. The summed E-state index contributed by atoms with van der Waals surface area (Å²) in [5.74, 6) is 0. The average Bonchev–Trinajstić information content (AvgIpc) is 3.06. The Morgan fingerprint density at radius 2 is 1.61 bits per heavy atom. The van der Waals surface area contributed by atoms with E-state index in [1.165, 1.54) is 0 Å². The molecule has 0 aromatic carbocycles. The summed E-state index contributed by atoms with van der Waals surface area (Å²) in [6, 6.07) is 0.913. The second-order valence-corrected chi connectivity index (χ2v) is 10.5. The van der Waals surface area contributed by atoms with Crippen molar-refractivity contribution in [1.29, 1.82) is 0 Å². The molecule has 0 spiro atoms. The molecule has 2 unspecified atom stereocenters. The summed E-state index contributed by atoms with van der Waals surface area (Å²) < 4.78 is 55.6. The maximum absolute atomic E-state index is 12.2. The molecular formula is C15H24N2O17P2. The summed E-state index contributed by atoms with van der Waals surface area (Å²) in [5.41, 5.74) is -1.78. The molecule has 3 heterocycles. The van der Waals surface area contributed by atoms with Gasteiger partial charge in [0.1, 0.15) is 42.7 Å². The van der Waals surface area contributed by atoms with Crippen LogP contribution in [0.5, 0.6) is 0 Å². The highest BCUT2D eigenvalue weighted by atomic mass is 31.3. The number of H-pyrrole nitrogens is 1. The van der Waals surface area contributed by atoms with Gasteiger partial charge in [0, 0.05) is 12.3 Å². The van der Waals surface area contributed by atoms with Crippen LogP contribution in [0.1, 0.15) is 7.60 Å². The molecule has 11 atom stereocenters. The number of nitrogens with one attached hydrogen (secondary N) is 1. The first-order valence-electron chi connectivity index (χ1n) is 10.4. The van der Waals surface area contributed by atoms with Crippen molar-refractivity contribution in [3.63, 3.8) is 0 Å². The molecule has 0 amide bonds. The summed E-state index contributed by atoms with van der Waals surface area (Å²) in [7, 11) is -11.4. The molecule has 36 heavy (non-hydrogen) atoms. The van der Waals surface area contributed by atoms with Crippen LogP contribution in [0.25, 0.3) is 0 Å². The minimum absolute atomic E-state index is 0.703. The van der Waals surface area contributed by atoms with Crippen LogP contribution >= 0.6 is 15.6 Å². The molecule has 0 radical (unpaired) electrons. The summed E-state index contributed by atoms with van der Waals surface area (Å²) in [6.07, 6.45) is -17.7. The Labute approximate surface area is 201 Å². The number of hydrogen-bond donors (Lipinski definition) is 9. The third-order valence-corrected chi connectivity index (χ3v) is 7.56. The number of phosphoric ester groups is 2. The van der Waals surface area contributed by atoms with Crippen molar-refractivity contribution in [2.75, 3.05) is 13.2 Å². The number of nitrogens with zero attached hydrogens (tertiary/aromatic N) is 1. The molecule has 2 aliphatic rings. The second-order valence-electron chi connectivity index (χ2n) is 7.55. The van der Waals surface area contributed by atoms with E-state index >= 15 is 0 Å². The van der Waals surface area contributed by atoms with Gasteiger partial charge >= 0.3 is 21.3 Å². The van der Waals surface area contributed by atoms with Crippen LogP contribution in [-0.2, 0) is 32.0 Å². The number of phosphoric acid groups is 2. The molecular weight excluding hydrogens is 542 g/mol. The Morgan fingerprint density at radius 3 is 2.22 bits per heavy atom. The van der Waals surface area contributed by atoms with Gasteiger partial charge in [0.15, 0.2) is 12.5 Å². The Bertz CT molecular complexity index is 1180. The molecule has 206 valence electrons. The predicted molar refractivity (Wildman–Crippen MR) is 109 cm³/mol. The van der Waals surface area contributed by atoms with Crippen LogP contribution in [0.3, 0.4) is 0 Å². The van der Waals surface area contributed by atoms with Crippen molar-refractivity contribution in [3.05, 3.63) is 33.1 Å². The minimum Gasteiger partial charge on any atom is -0.394 e. The third-order valence-electron chi connectivity index (χ3n) is 5.02. The number of aliphatic hydroxyl groups is 6. The minimum atomic E-state index is -5.85. The van der Waals surface area contributed by atoms with Crippen LogP contribution in [0.4, 0.5) is 0 Å². The van der Waals surface area contributed by atoms with Gasteiger partial charge in [-0.25, -0.2) is 13.9 Å². The zero-order valence-electron chi connectivity index (χ0n) is 18.8. The molecule has 1 aromatic heterocycles. The lowest BCUT2D eigenvalue weighted by atomic mass is 10.00. The molecule has 9 N–H and O–H groups in total. The lowest BCUT2D eigenvalue weighted by Crippen LogP contribution is -2.58. The molecule has 2 saturated heterocycles. The first-order valence-corrected chi connectivity index (χ1v) is 12.9. The lowest BCUT2D eigenvalue weighted by molar-refractivity contribution is -0.280. The molecule has 19 nitrogen and oxygen atoms in total. The van der Waals surface area contributed by atoms with E-state index in [2.05, 4.69) is 18.1 Å². The van der Waals surface area contributed by atoms with Gasteiger partial charge in [-0.05, 0) is 0 Å². The molecule has 3 rings (SSSR count). The fourth-order valence-corrected chi connectivity index (χ4v) is 5.31. The van der Waals surface area contributed by atoms with Crippen molar-refractivity contribution < 1.29 is 73.8 Å². The van der Waals surface area contributed by atoms with Crippen molar-refractivity contribution in [1.82, 2.24) is 9.55 Å². The third kappa shape index (κ3) is 6.54. The highest BCUT2D eigenvalue weighted by Gasteiger charge is 2.49. The van der Waals surface area contributed by atoms with E-state index in [4.69, 9.17) is 11.2 Å². The number of aliphatic hydroxyl groups excluding tert-OH is 6. The van der Waals surface area contributed by atoms with Crippen molar-refractivity contribution in [2.24, 2.45) is 0 Å². The summed E-state index contributed by atoms with van der Waals surface area (Å²) in [6.45, 7) is -2.11. The molecule has 2 fully saturated rings. The fourth-order valence-electron chi connectivity index (χ4n) is 3.23. The quantitative estimate of drug-likeness (QED) is 0.126. The summed E-state index contributed by atoms with van der Waals surface area (Å²) in [5, 5.41) is 58.8. The molecule has 0 aliphatic carbocycles. The van der Waals surface area contributed by atoms with Crippen LogP contribution in [0, 0.1) is 0 Å². The zero-order chi connectivity index (χ0) is 27.9. The average molecular weight is 568 g/mol. The Hall–Kier alpha value is -1.38. The van der Waals surface area contributed by atoms with Crippen LogP contribution in [-0.4, -0.2) is 112 Å². The maximum Gasteiger partial charge on any atom is 0.483 e. The first kappa shape index (κ1) is 27.6. The fraction of sp³-hybridized carbons (Fsp3) is 0.733. The Balaban J connectivity index is 1.65. The van der Waals surface area contributed by atoms with Crippen molar-refractivity contribution in [3.8, 4) is 0 Å². The van der Waals surface area contributed by atoms with Crippen molar-refractivity contribution in [2.45, 2.75) is 55.2 Å². The highest BCUT2D eigenvalue weighted by Crippen LogP contribution is 2.61. The van der Waals surface area contributed by atoms with E-state index in [0.29, 0.717) is 4.57 Å². The van der Waals surface area contributed by atoms with Gasteiger partial charge in [-0.2, -0.15) is 4.31 Å². The maximum atomic E-state index is 12.2. The zero-order valence-corrected chi connectivity index (χ0v) is 19.6. The number of ether oxygens (including phenoxy) is 2. The largest absolute Gasteiger partial charge is 0.483 e. The molecule has 21 heteroatoms. The number of rotatable bonds is 9. The Kier molecular flexibility index (Phi) is 8.57. The summed E-state index contributed by atoms with van der Waals surface area (Å²) in [4.78, 5) is 44.6. The molecule has 0 saturated carbocycles. The summed E-state index contributed by atoms with van der Waals surface area (Å²) >= 11 is 0. The van der Waals surface area contributed by atoms with Gasteiger partial charge in [-0.15, -0.1) is 0 Å². The van der Waals surface area contributed by atoms with Gasteiger partial charge in [-0.1, -0.05) is 0 Å². The molecule has 1 aromatic rings. The van der Waals surface area contributed by atoms with Gasteiger partial charge in [0.2, 0.25) is 0 Å². The van der Waals surface area contributed by atoms with E-state index in [-0.39, 0.29) is 0 Å². The van der Waals surface area contributed by atoms with Gasteiger partial charge in [-0.3, -0.25) is 23.4 Å². The first-order chi connectivity index (χ1) is 17.0. The van der Waals surface area contributed by atoms with Crippen LogP contribution in [0.2, 0.25) is 0 Å². The lowest BCUT2D eigenvalue weighted by Gasteiger charge is -2.39. The van der Waals surface area contributed by atoms with E-state index in [1.807, 2.05) is 4.98 Å². The predicted octanol–water partition coefficient (Wildman–Crippen LogP) is -4.79. The standard InChI is InChI=1S/C15H24N2O17P2/c18-3-5-8(20)10(22)12(24)14(32-5)33-36(28,29)34-35(26,27)30-4-6-9(21)11(23)13(31-6)17-2-1-7(19)16-15(17)25/h1-2,5-6,8-14,18,20-24H,3-4H2,(H,26,27)(H,28,29)(H,16,19,25)/t5-,6-,8-,9-,10+,11-,12-,13-,14-/m0/s1/i14T. The highest BCUT2D eigenvalue weighted by molar-refractivity contribution is 7.61. The Morgan fingerprint density at radius 1 is 0.972 bits per heavy atom. The monoisotopic (exact) mass is 568 g/mol. The molecule has 2 aliphatic heterocycles. The van der Waals surface area contributed by atoms with E-state index in [1.54, 1.807) is 0 Å². The van der Waals surface area contributed by atoms with Gasteiger partial charge in [0.25, 0.3) is 5.56 Å². The number of aromatic nitrogens is 2. The smallest absolute Gasteiger partial charge is 0.394 e. The normalized spacial score (nSPS) is 40.8. The van der Waals surface area contributed by atoms with Crippen LogP contribution in [0.15, 0.2) is 21.9 Å². The van der Waals surface area contributed by atoms with E-state index in [9.17, 15) is 54.0 Å². The second kappa shape index (κ2) is 11.2. The SMILES string of the molecule is [3H][C@@]1(OP(=O)(O)OP(=O)(O)OC[C@@H]2O[C@H](n3ccc(=O)[nH]c3=O)[C@@H](O)[C@H]2O)O[C@@H](CO)[C@H](O)[C@@H](O)[C@@H]1O. The molecule has 0 bridgehead atoms. The van der Waals surface area contributed by atoms with Gasteiger partial charge < -0.3 is 49.9 Å². The number of aromatic amines is 1. The van der Waals surface area contributed by atoms with E-state index < -0.39 is 95.3 Å². The van der Waals surface area contributed by atoms with Crippen molar-refractivity contribution >= 4 is 15.6 Å².